The predicted molar refractivity (Wildman–Crippen MR) is 150 cm³/mol. The summed E-state index contributed by atoms with van der Waals surface area (Å²) in [5, 5.41) is 16.4. The highest BCUT2D eigenvalue weighted by molar-refractivity contribution is 6.02. The van der Waals surface area contributed by atoms with Gasteiger partial charge in [-0.05, 0) is 76.8 Å². The van der Waals surface area contributed by atoms with Crippen LogP contribution in [0.15, 0.2) is 54.6 Å². The Labute approximate surface area is 235 Å². The van der Waals surface area contributed by atoms with Crippen LogP contribution in [0.1, 0.15) is 46.1 Å². The Morgan fingerprint density at radius 1 is 1.10 bits per heavy atom. The van der Waals surface area contributed by atoms with Crippen LogP contribution in [0, 0.1) is 11.8 Å². The third-order valence-electron chi connectivity index (χ3n) is 8.53. The molecule has 0 aromatic heterocycles. The lowest BCUT2D eigenvalue weighted by Gasteiger charge is -2.37. The minimum atomic E-state index is -1.16. The van der Waals surface area contributed by atoms with Crippen molar-refractivity contribution in [2.75, 3.05) is 18.5 Å². The van der Waals surface area contributed by atoms with E-state index in [0.717, 1.165) is 5.56 Å². The number of fused-ring (bicyclic) bond motifs is 1. The molecule has 9 heteroatoms. The second-order valence-electron chi connectivity index (χ2n) is 11.6. The zero-order chi connectivity index (χ0) is 28.7. The van der Waals surface area contributed by atoms with Crippen molar-refractivity contribution in [3.05, 3.63) is 60.2 Å². The minimum Gasteiger partial charge on any atom is -0.494 e. The number of aliphatic hydroxyl groups excluding tert-OH is 1. The molecule has 40 heavy (non-hydrogen) atoms. The van der Waals surface area contributed by atoms with Crippen molar-refractivity contribution in [1.29, 1.82) is 0 Å². The molecule has 3 aliphatic heterocycles. The monoisotopic (exact) mass is 549 g/mol. The Morgan fingerprint density at radius 3 is 2.42 bits per heavy atom. The third-order valence-corrected chi connectivity index (χ3v) is 8.53. The van der Waals surface area contributed by atoms with E-state index in [4.69, 9.17) is 9.47 Å². The van der Waals surface area contributed by atoms with Gasteiger partial charge >= 0.3 is 0 Å². The molecule has 0 saturated carbocycles. The number of hydrogen-bond acceptors (Lipinski definition) is 6. The summed E-state index contributed by atoms with van der Waals surface area (Å²) < 4.78 is 12.2. The van der Waals surface area contributed by atoms with E-state index in [0.29, 0.717) is 37.3 Å². The lowest BCUT2D eigenvalue weighted by atomic mass is 9.66. The van der Waals surface area contributed by atoms with Crippen molar-refractivity contribution < 1.29 is 29.0 Å². The number of hydrogen-bond donors (Lipinski definition) is 3. The summed E-state index contributed by atoms with van der Waals surface area (Å²) in [4.78, 5) is 43.5. The van der Waals surface area contributed by atoms with Gasteiger partial charge in [-0.25, -0.2) is 0 Å². The lowest BCUT2D eigenvalue weighted by Crippen LogP contribution is -2.59. The SMILES string of the molecule is CCOc1ccc(NC(=O)[C@H]2[C@H]3C(=O)N([C@@H](CO)Cc4ccccc4)C(C(=O)NC(C)C)C34CC[C@]2(C)O4)cc1. The van der Waals surface area contributed by atoms with Crippen molar-refractivity contribution in [1.82, 2.24) is 10.2 Å². The first-order valence-electron chi connectivity index (χ1n) is 14.1. The van der Waals surface area contributed by atoms with Gasteiger partial charge in [-0.2, -0.15) is 0 Å². The number of benzene rings is 2. The smallest absolute Gasteiger partial charge is 0.246 e. The highest BCUT2D eigenvalue weighted by Crippen LogP contribution is 2.63. The number of nitrogens with one attached hydrogen (secondary N) is 2. The molecule has 2 bridgehead atoms. The topological polar surface area (TPSA) is 117 Å². The van der Waals surface area contributed by atoms with Gasteiger partial charge in [-0.15, -0.1) is 0 Å². The van der Waals surface area contributed by atoms with Crippen LogP contribution in [0.4, 0.5) is 5.69 Å². The summed E-state index contributed by atoms with van der Waals surface area (Å²) in [6.45, 7) is 7.71. The van der Waals surface area contributed by atoms with Crippen molar-refractivity contribution in [3.63, 3.8) is 0 Å². The molecule has 0 aliphatic carbocycles. The van der Waals surface area contributed by atoms with Crippen LogP contribution >= 0.6 is 0 Å². The predicted octanol–water partition coefficient (Wildman–Crippen LogP) is 2.92. The molecule has 9 nitrogen and oxygen atoms in total. The highest BCUT2D eigenvalue weighted by Gasteiger charge is 2.78. The van der Waals surface area contributed by atoms with Gasteiger partial charge in [-0.1, -0.05) is 30.3 Å². The van der Waals surface area contributed by atoms with Crippen molar-refractivity contribution in [3.8, 4) is 5.75 Å². The number of amides is 3. The maximum absolute atomic E-state index is 14.3. The fourth-order valence-electron chi connectivity index (χ4n) is 6.98. The molecule has 214 valence electrons. The van der Waals surface area contributed by atoms with Gasteiger partial charge in [0, 0.05) is 11.7 Å². The zero-order valence-electron chi connectivity index (χ0n) is 23.6. The molecule has 2 aromatic rings. The molecule has 1 spiro atoms. The van der Waals surface area contributed by atoms with Gasteiger partial charge in [0.1, 0.15) is 17.4 Å². The van der Waals surface area contributed by atoms with Crippen LogP contribution in [0.3, 0.4) is 0 Å². The number of ether oxygens (including phenoxy) is 2. The van der Waals surface area contributed by atoms with Crippen LogP contribution in [-0.2, 0) is 25.5 Å². The molecule has 0 radical (unpaired) electrons. The average molecular weight is 550 g/mol. The molecule has 5 rings (SSSR count). The Kier molecular flexibility index (Phi) is 7.63. The number of carbonyl (C=O) groups is 3. The largest absolute Gasteiger partial charge is 0.494 e. The van der Waals surface area contributed by atoms with Gasteiger partial charge in [0.2, 0.25) is 17.7 Å². The van der Waals surface area contributed by atoms with E-state index < -0.39 is 35.1 Å². The maximum Gasteiger partial charge on any atom is 0.246 e. The first-order valence-corrected chi connectivity index (χ1v) is 14.1. The fourth-order valence-corrected chi connectivity index (χ4v) is 6.98. The van der Waals surface area contributed by atoms with Crippen molar-refractivity contribution >= 4 is 23.4 Å². The summed E-state index contributed by atoms with van der Waals surface area (Å²) >= 11 is 0. The molecular formula is C31H39N3O6. The molecule has 3 fully saturated rings. The standard InChI is InChI=1S/C31H39N3O6/c1-5-39-23-13-11-21(12-14-23)33-27(36)24-25-29(38)34(22(18-35)17-20-9-7-6-8-10-20)26(28(37)32-19(2)3)31(25)16-15-30(24,4)40-31/h6-14,19,22,24-26,35H,5,15-18H2,1-4H3,(H,32,37)(H,33,36)/t22-,24-,25+,26?,30+,31?/m1/s1. The number of rotatable bonds is 10. The van der Waals surface area contributed by atoms with E-state index in [2.05, 4.69) is 10.6 Å². The second-order valence-corrected chi connectivity index (χ2v) is 11.6. The highest BCUT2D eigenvalue weighted by atomic mass is 16.5. The minimum absolute atomic E-state index is 0.158. The molecular weight excluding hydrogens is 510 g/mol. The van der Waals surface area contributed by atoms with E-state index >= 15 is 0 Å². The van der Waals surface area contributed by atoms with Gasteiger partial charge in [0.15, 0.2) is 0 Å². The molecule has 6 atom stereocenters. The zero-order valence-corrected chi connectivity index (χ0v) is 23.6. The molecule has 2 aromatic carbocycles. The van der Waals surface area contributed by atoms with Crippen molar-refractivity contribution in [2.45, 2.75) is 76.3 Å². The summed E-state index contributed by atoms with van der Waals surface area (Å²) in [7, 11) is 0. The van der Waals surface area contributed by atoms with Gasteiger partial charge in [0.25, 0.3) is 0 Å². The summed E-state index contributed by atoms with van der Waals surface area (Å²) in [6.07, 6.45) is 1.39. The van der Waals surface area contributed by atoms with Crippen molar-refractivity contribution in [2.24, 2.45) is 11.8 Å². The Bertz CT molecular complexity index is 1250. The number of likely N-dealkylation sites (tertiary alicyclic amines) is 1. The van der Waals surface area contributed by atoms with Gasteiger partial charge in [0.05, 0.1) is 36.7 Å². The third kappa shape index (κ3) is 4.75. The average Bonchev–Trinajstić information content (AvgIpc) is 3.49. The molecule has 3 aliphatic rings. The Balaban J connectivity index is 1.49. The number of carbonyl (C=O) groups excluding carboxylic acids is 3. The Hall–Kier alpha value is -3.43. The van der Waals surface area contributed by atoms with E-state index in [1.807, 2.05) is 58.0 Å². The fraction of sp³-hybridized carbons (Fsp3) is 0.516. The van der Waals surface area contributed by atoms with Gasteiger partial charge < -0.3 is 30.1 Å². The summed E-state index contributed by atoms with van der Waals surface area (Å²) in [6, 6.07) is 14.9. The van der Waals surface area contributed by atoms with Crippen LogP contribution in [-0.4, -0.2) is 70.3 Å². The van der Waals surface area contributed by atoms with E-state index in [1.165, 1.54) is 4.90 Å². The van der Waals surface area contributed by atoms with Crippen LogP contribution in [0.5, 0.6) is 5.75 Å². The van der Waals surface area contributed by atoms with Crippen LogP contribution in [0.2, 0.25) is 0 Å². The molecule has 3 saturated heterocycles. The van der Waals surface area contributed by atoms with Crippen LogP contribution in [0.25, 0.3) is 0 Å². The summed E-state index contributed by atoms with van der Waals surface area (Å²) in [5.41, 5.74) is -0.529. The molecule has 3 amide bonds. The summed E-state index contributed by atoms with van der Waals surface area (Å²) in [5.74, 6) is -1.91. The molecule has 3 N–H and O–H groups in total. The molecule has 3 heterocycles. The van der Waals surface area contributed by atoms with E-state index in [-0.39, 0.29) is 30.4 Å². The maximum atomic E-state index is 14.3. The normalized spacial score (nSPS) is 29.4. The van der Waals surface area contributed by atoms with Crippen LogP contribution < -0.4 is 15.4 Å². The lowest BCUT2D eigenvalue weighted by molar-refractivity contribution is -0.149. The number of aliphatic hydroxyl groups is 1. The number of nitrogens with zero attached hydrogens (tertiary/aromatic N) is 1. The molecule has 2 unspecified atom stereocenters. The Morgan fingerprint density at radius 2 is 1.80 bits per heavy atom. The van der Waals surface area contributed by atoms with E-state index in [9.17, 15) is 19.5 Å². The first kappa shape index (κ1) is 28.1. The second kappa shape index (κ2) is 10.9. The number of anilines is 1. The quantitative estimate of drug-likeness (QED) is 0.420. The van der Waals surface area contributed by atoms with Gasteiger partial charge in [-0.3, -0.25) is 14.4 Å². The first-order chi connectivity index (χ1) is 19.1. The van der Waals surface area contributed by atoms with E-state index in [1.54, 1.807) is 24.3 Å².